The monoisotopic (exact) mass is 296 g/mol. The van der Waals surface area contributed by atoms with Gasteiger partial charge >= 0.3 is 0 Å². The highest BCUT2D eigenvalue weighted by Crippen LogP contribution is 2.21. The third-order valence-corrected chi connectivity index (χ3v) is 4.01. The van der Waals surface area contributed by atoms with Gasteiger partial charge in [0.15, 0.2) is 0 Å². The van der Waals surface area contributed by atoms with Gasteiger partial charge in [-0.05, 0) is 49.9 Å². The summed E-state index contributed by atoms with van der Waals surface area (Å²) in [6, 6.07) is 17.8. The van der Waals surface area contributed by atoms with Crippen LogP contribution in [0.1, 0.15) is 36.8 Å². The Morgan fingerprint density at radius 1 is 0.818 bits per heavy atom. The van der Waals surface area contributed by atoms with Crippen LogP contribution in [-0.4, -0.2) is 13.6 Å². The van der Waals surface area contributed by atoms with Crippen LogP contribution in [0.25, 0.3) is 11.1 Å². The maximum atomic E-state index is 3.14. The summed E-state index contributed by atoms with van der Waals surface area (Å²) in [5, 5.41) is 0. The highest BCUT2D eigenvalue weighted by Gasteiger charge is 2.00. The molecule has 0 atom stereocenters. The average molecular weight is 296 g/mol. The summed E-state index contributed by atoms with van der Waals surface area (Å²) < 4.78 is 0. The summed E-state index contributed by atoms with van der Waals surface area (Å²) in [7, 11) is 1.92. The molecule has 118 valence electrons. The lowest BCUT2D eigenvalue weighted by atomic mass is 9.99. The quantitative estimate of drug-likeness (QED) is 0.526. The van der Waals surface area contributed by atoms with Crippen molar-refractivity contribution in [3.05, 3.63) is 59.7 Å². The topological polar surface area (TPSA) is 24.1 Å². The largest absolute Gasteiger partial charge is 0.261 e. The Hall–Kier alpha value is -1.64. The molecule has 0 radical (unpaired) electrons. The Bertz CT molecular complexity index is 546. The van der Waals surface area contributed by atoms with E-state index in [2.05, 4.69) is 66.3 Å². The summed E-state index contributed by atoms with van der Waals surface area (Å²) in [6.45, 7) is 3.19. The van der Waals surface area contributed by atoms with Gasteiger partial charge in [0.25, 0.3) is 0 Å². The summed E-state index contributed by atoms with van der Waals surface area (Å²) in [4.78, 5) is 0. The number of hydrazine groups is 1. The van der Waals surface area contributed by atoms with Gasteiger partial charge in [-0.3, -0.25) is 10.9 Å². The molecule has 22 heavy (non-hydrogen) atoms. The maximum absolute atomic E-state index is 3.14. The van der Waals surface area contributed by atoms with Crippen LogP contribution in [0.2, 0.25) is 0 Å². The van der Waals surface area contributed by atoms with Crippen LogP contribution < -0.4 is 10.9 Å². The molecule has 2 aromatic rings. The molecule has 2 aromatic carbocycles. The second-order valence-electron chi connectivity index (χ2n) is 5.91. The number of unbranched alkanes of at least 4 members (excludes halogenated alkanes) is 3. The molecule has 2 rings (SSSR count). The van der Waals surface area contributed by atoms with Gasteiger partial charge in [0.05, 0.1) is 0 Å². The first-order valence-corrected chi connectivity index (χ1v) is 8.35. The molecular formula is C20H28N2. The summed E-state index contributed by atoms with van der Waals surface area (Å²) >= 11 is 0. The summed E-state index contributed by atoms with van der Waals surface area (Å²) in [6.07, 6.45) is 6.30. The molecule has 0 aliphatic carbocycles. The van der Waals surface area contributed by atoms with Crippen molar-refractivity contribution in [3.8, 4) is 11.1 Å². The van der Waals surface area contributed by atoms with E-state index in [4.69, 9.17) is 0 Å². The van der Waals surface area contributed by atoms with Crippen LogP contribution in [0.15, 0.2) is 48.5 Å². The molecule has 0 saturated carbocycles. The van der Waals surface area contributed by atoms with Crippen molar-refractivity contribution in [2.75, 3.05) is 13.6 Å². The number of hydrogen-bond acceptors (Lipinski definition) is 2. The zero-order chi connectivity index (χ0) is 15.6. The van der Waals surface area contributed by atoms with Crippen molar-refractivity contribution in [1.82, 2.24) is 10.9 Å². The number of hydrogen-bond donors (Lipinski definition) is 2. The first-order valence-electron chi connectivity index (χ1n) is 8.35. The van der Waals surface area contributed by atoms with E-state index < -0.39 is 0 Å². The van der Waals surface area contributed by atoms with E-state index in [9.17, 15) is 0 Å². The van der Waals surface area contributed by atoms with Crippen molar-refractivity contribution in [2.24, 2.45) is 0 Å². The number of benzene rings is 2. The zero-order valence-corrected chi connectivity index (χ0v) is 13.9. The van der Waals surface area contributed by atoms with Gasteiger partial charge in [-0.1, -0.05) is 66.9 Å². The standard InChI is InChI=1S/C20H28N2/c1-17-11-13-19(14-12-17)20-10-7-9-18(16-20)8-5-3-4-6-15-22-21-2/h7,9-14,16,21-22H,3-6,8,15H2,1-2H3. The number of aryl methyl sites for hydroxylation is 2. The molecule has 2 nitrogen and oxygen atoms in total. The fraction of sp³-hybridized carbons (Fsp3) is 0.400. The molecule has 0 bridgehead atoms. The minimum absolute atomic E-state index is 1.05. The molecule has 0 unspecified atom stereocenters. The summed E-state index contributed by atoms with van der Waals surface area (Å²) in [5.74, 6) is 0. The van der Waals surface area contributed by atoms with Gasteiger partial charge in [-0.2, -0.15) is 0 Å². The van der Waals surface area contributed by atoms with Crippen LogP contribution in [0.3, 0.4) is 0 Å². The number of rotatable bonds is 9. The second-order valence-corrected chi connectivity index (χ2v) is 5.91. The predicted octanol–water partition coefficient (Wildman–Crippen LogP) is 4.49. The smallest absolute Gasteiger partial charge is 0.00996 e. The molecule has 0 aliphatic heterocycles. The average Bonchev–Trinajstić information content (AvgIpc) is 2.55. The van der Waals surface area contributed by atoms with E-state index in [1.165, 1.54) is 54.4 Å². The van der Waals surface area contributed by atoms with E-state index >= 15 is 0 Å². The van der Waals surface area contributed by atoms with Crippen LogP contribution in [0, 0.1) is 6.92 Å². The summed E-state index contributed by atoms with van der Waals surface area (Å²) in [5.41, 5.74) is 11.5. The van der Waals surface area contributed by atoms with E-state index in [1.54, 1.807) is 0 Å². The maximum Gasteiger partial charge on any atom is 0.00996 e. The van der Waals surface area contributed by atoms with Gasteiger partial charge in [0, 0.05) is 6.54 Å². The Morgan fingerprint density at radius 3 is 2.36 bits per heavy atom. The lowest BCUT2D eigenvalue weighted by Gasteiger charge is -2.07. The van der Waals surface area contributed by atoms with Crippen LogP contribution in [0.5, 0.6) is 0 Å². The van der Waals surface area contributed by atoms with Crippen molar-refractivity contribution in [2.45, 2.75) is 39.0 Å². The Morgan fingerprint density at radius 2 is 1.59 bits per heavy atom. The van der Waals surface area contributed by atoms with E-state index in [0.29, 0.717) is 0 Å². The van der Waals surface area contributed by atoms with E-state index in [-0.39, 0.29) is 0 Å². The SMILES string of the molecule is CNNCCCCCCc1cccc(-c2ccc(C)cc2)c1. The van der Waals surface area contributed by atoms with Gasteiger partial charge in [0.1, 0.15) is 0 Å². The van der Waals surface area contributed by atoms with E-state index in [1.807, 2.05) is 7.05 Å². The lowest BCUT2D eigenvalue weighted by molar-refractivity contribution is 0.543. The van der Waals surface area contributed by atoms with Crippen molar-refractivity contribution < 1.29 is 0 Å². The third-order valence-electron chi connectivity index (χ3n) is 4.01. The van der Waals surface area contributed by atoms with Gasteiger partial charge in [0.2, 0.25) is 0 Å². The second kappa shape index (κ2) is 9.39. The molecule has 0 saturated heterocycles. The Labute approximate surface area is 134 Å². The van der Waals surface area contributed by atoms with Crippen LogP contribution in [-0.2, 0) is 6.42 Å². The minimum Gasteiger partial charge on any atom is -0.261 e. The van der Waals surface area contributed by atoms with Crippen LogP contribution >= 0.6 is 0 Å². The van der Waals surface area contributed by atoms with Gasteiger partial charge in [-0.15, -0.1) is 0 Å². The highest BCUT2D eigenvalue weighted by atomic mass is 15.3. The third kappa shape index (κ3) is 5.63. The molecule has 0 fully saturated rings. The number of nitrogens with one attached hydrogen (secondary N) is 2. The van der Waals surface area contributed by atoms with Gasteiger partial charge in [-0.25, -0.2) is 0 Å². The normalized spacial score (nSPS) is 10.8. The van der Waals surface area contributed by atoms with Crippen molar-refractivity contribution >= 4 is 0 Å². The van der Waals surface area contributed by atoms with Crippen molar-refractivity contribution in [3.63, 3.8) is 0 Å². The minimum atomic E-state index is 1.05. The predicted molar refractivity (Wildman–Crippen MR) is 95.8 cm³/mol. The fourth-order valence-corrected chi connectivity index (χ4v) is 2.67. The van der Waals surface area contributed by atoms with Crippen molar-refractivity contribution in [1.29, 1.82) is 0 Å². The van der Waals surface area contributed by atoms with E-state index in [0.717, 1.165) is 6.54 Å². The van der Waals surface area contributed by atoms with Gasteiger partial charge < -0.3 is 0 Å². The molecule has 0 spiro atoms. The Kier molecular flexibility index (Phi) is 7.14. The Balaban J connectivity index is 1.80. The first-order chi connectivity index (χ1) is 10.8. The lowest BCUT2D eigenvalue weighted by Crippen LogP contribution is -2.28. The zero-order valence-electron chi connectivity index (χ0n) is 13.9. The fourth-order valence-electron chi connectivity index (χ4n) is 2.67. The molecule has 0 amide bonds. The molecule has 0 heterocycles. The molecule has 2 heteroatoms. The molecule has 0 aromatic heterocycles. The van der Waals surface area contributed by atoms with Crippen LogP contribution in [0.4, 0.5) is 0 Å². The highest BCUT2D eigenvalue weighted by molar-refractivity contribution is 5.64. The molecule has 2 N–H and O–H groups in total. The first kappa shape index (κ1) is 16.7. The molecular weight excluding hydrogens is 268 g/mol. The molecule has 0 aliphatic rings.